The summed E-state index contributed by atoms with van der Waals surface area (Å²) >= 11 is 0. The molecule has 1 aliphatic rings. The number of carboxylic acids is 1. The van der Waals surface area contributed by atoms with Crippen LogP contribution < -0.4 is 10.6 Å². The second kappa shape index (κ2) is 7.64. The van der Waals surface area contributed by atoms with Crippen LogP contribution in [0.5, 0.6) is 0 Å². The van der Waals surface area contributed by atoms with E-state index >= 15 is 0 Å². The number of nitrogens with one attached hydrogen (secondary N) is 2. The molecule has 1 saturated heterocycles. The van der Waals surface area contributed by atoms with Gasteiger partial charge in [0.25, 0.3) is 0 Å². The standard InChI is InChI=1S/C15H20N2O4/c18-14(19)2-1-8-16-15(20)17-13-5-3-11(4-6-13)12-7-9-21-10-12/h3-6,12H,1-2,7-10H2,(H,18,19)(H2,16,17,20). The van der Waals surface area contributed by atoms with Crippen LogP contribution in [0.2, 0.25) is 0 Å². The van der Waals surface area contributed by atoms with Crippen molar-refractivity contribution >= 4 is 17.7 Å². The number of carboxylic acid groups (broad SMARTS) is 1. The number of carbonyl (C=O) groups excluding carboxylic acids is 1. The number of amides is 2. The SMILES string of the molecule is O=C(O)CCCNC(=O)Nc1ccc(C2CCOC2)cc1. The molecular formula is C15H20N2O4. The van der Waals surface area contributed by atoms with E-state index in [1.807, 2.05) is 24.3 Å². The van der Waals surface area contributed by atoms with Crippen molar-refractivity contribution < 1.29 is 19.4 Å². The maximum absolute atomic E-state index is 11.6. The van der Waals surface area contributed by atoms with Crippen LogP contribution in [-0.4, -0.2) is 36.9 Å². The third-order valence-electron chi connectivity index (χ3n) is 3.42. The molecular weight excluding hydrogens is 272 g/mol. The molecule has 21 heavy (non-hydrogen) atoms. The summed E-state index contributed by atoms with van der Waals surface area (Å²) in [6, 6.07) is 7.41. The van der Waals surface area contributed by atoms with Crippen molar-refractivity contribution in [3.8, 4) is 0 Å². The maximum Gasteiger partial charge on any atom is 0.319 e. The average Bonchev–Trinajstić information content (AvgIpc) is 2.98. The van der Waals surface area contributed by atoms with Crippen LogP contribution in [0.4, 0.5) is 10.5 Å². The van der Waals surface area contributed by atoms with Gasteiger partial charge in [-0.15, -0.1) is 0 Å². The Hall–Kier alpha value is -2.08. The second-order valence-corrected chi connectivity index (χ2v) is 5.06. The Bertz CT molecular complexity index is 481. The van der Waals surface area contributed by atoms with E-state index in [4.69, 9.17) is 9.84 Å². The van der Waals surface area contributed by atoms with Gasteiger partial charge in [0.1, 0.15) is 0 Å². The quantitative estimate of drug-likeness (QED) is 0.701. The van der Waals surface area contributed by atoms with Crippen LogP contribution in [0.1, 0.15) is 30.7 Å². The van der Waals surface area contributed by atoms with E-state index in [1.165, 1.54) is 5.56 Å². The van der Waals surface area contributed by atoms with E-state index in [0.29, 0.717) is 24.6 Å². The Morgan fingerprint density at radius 2 is 2.05 bits per heavy atom. The molecule has 2 amide bonds. The van der Waals surface area contributed by atoms with Gasteiger partial charge >= 0.3 is 12.0 Å². The summed E-state index contributed by atoms with van der Waals surface area (Å²) < 4.78 is 5.36. The number of ether oxygens (including phenoxy) is 1. The molecule has 0 radical (unpaired) electrons. The lowest BCUT2D eigenvalue weighted by Crippen LogP contribution is -2.29. The third kappa shape index (κ3) is 5.07. The predicted octanol–water partition coefficient (Wildman–Crippen LogP) is 2.18. The highest BCUT2D eigenvalue weighted by atomic mass is 16.5. The number of hydrogen-bond donors (Lipinski definition) is 3. The minimum Gasteiger partial charge on any atom is -0.481 e. The molecule has 6 nitrogen and oxygen atoms in total. The van der Waals surface area contributed by atoms with Gasteiger partial charge in [0.15, 0.2) is 0 Å². The number of benzene rings is 1. The Labute approximate surface area is 123 Å². The minimum atomic E-state index is -0.858. The van der Waals surface area contributed by atoms with Crippen LogP contribution in [0.25, 0.3) is 0 Å². The van der Waals surface area contributed by atoms with Gasteiger partial charge in [-0.05, 0) is 30.5 Å². The van der Waals surface area contributed by atoms with Gasteiger partial charge in [-0.25, -0.2) is 4.79 Å². The molecule has 0 aliphatic carbocycles. The highest BCUT2D eigenvalue weighted by molar-refractivity contribution is 5.89. The van der Waals surface area contributed by atoms with Crippen molar-refractivity contribution in [3.05, 3.63) is 29.8 Å². The average molecular weight is 292 g/mol. The number of rotatable bonds is 6. The number of hydrogen-bond acceptors (Lipinski definition) is 3. The Balaban J connectivity index is 1.74. The maximum atomic E-state index is 11.6. The first-order valence-corrected chi connectivity index (χ1v) is 7.09. The molecule has 1 unspecified atom stereocenters. The predicted molar refractivity (Wildman–Crippen MR) is 78.5 cm³/mol. The zero-order valence-electron chi connectivity index (χ0n) is 11.8. The molecule has 0 bridgehead atoms. The first-order chi connectivity index (χ1) is 10.1. The van der Waals surface area contributed by atoms with Gasteiger partial charge in [0, 0.05) is 31.2 Å². The molecule has 1 atom stereocenters. The Morgan fingerprint density at radius 1 is 1.29 bits per heavy atom. The molecule has 1 aliphatic heterocycles. The number of carbonyl (C=O) groups is 2. The fourth-order valence-electron chi connectivity index (χ4n) is 2.25. The summed E-state index contributed by atoms with van der Waals surface area (Å²) in [6.45, 7) is 1.91. The molecule has 0 saturated carbocycles. The van der Waals surface area contributed by atoms with E-state index in [9.17, 15) is 9.59 Å². The number of anilines is 1. The van der Waals surface area contributed by atoms with Gasteiger partial charge in [-0.1, -0.05) is 12.1 Å². The van der Waals surface area contributed by atoms with Gasteiger partial charge in [0.2, 0.25) is 0 Å². The lowest BCUT2D eigenvalue weighted by molar-refractivity contribution is -0.137. The first kappa shape index (κ1) is 15.3. The molecule has 1 aromatic rings. The van der Waals surface area contributed by atoms with Crippen molar-refractivity contribution in [2.45, 2.75) is 25.2 Å². The van der Waals surface area contributed by atoms with Crippen molar-refractivity contribution in [1.29, 1.82) is 0 Å². The molecule has 114 valence electrons. The van der Waals surface area contributed by atoms with E-state index in [-0.39, 0.29) is 12.5 Å². The highest BCUT2D eigenvalue weighted by Crippen LogP contribution is 2.25. The van der Waals surface area contributed by atoms with Gasteiger partial charge < -0.3 is 20.5 Å². The summed E-state index contributed by atoms with van der Waals surface area (Å²) in [4.78, 5) is 21.9. The zero-order valence-corrected chi connectivity index (χ0v) is 11.8. The normalized spacial score (nSPS) is 17.4. The zero-order chi connectivity index (χ0) is 15.1. The van der Waals surface area contributed by atoms with Crippen LogP contribution >= 0.6 is 0 Å². The van der Waals surface area contributed by atoms with Crippen LogP contribution in [-0.2, 0) is 9.53 Å². The van der Waals surface area contributed by atoms with Gasteiger partial charge in [-0.3, -0.25) is 4.79 Å². The molecule has 0 aromatic heterocycles. The Kier molecular flexibility index (Phi) is 5.57. The van der Waals surface area contributed by atoms with Crippen molar-refractivity contribution in [2.24, 2.45) is 0 Å². The molecule has 6 heteroatoms. The molecule has 0 spiro atoms. The molecule has 1 heterocycles. The van der Waals surface area contributed by atoms with Gasteiger partial charge in [-0.2, -0.15) is 0 Å². The highest BCUT2D eigenvalue weighted by Gasteiger charge is 2.17. The smallest absolute Gasteiger partial charge is 0.319 e. The largest absolute Gasteiger partial charge is 0.481 e. The Morgan fingerprint density at radius 3 is 2.67 bits per heavy atom. The van der Waals surface area contributed by atoms with Crippen molar-refractivity contribution in [1.82, 2.24) is 5.32 Å². The van der Waals surface area contributed by atoms with Crippen LogP contribution in [0.15, 0.2) is 24.3 Å². The van der Waals surface area contributed by atoms with E-state index < -0.39 is 5.97 Å². The molecule has 3 N–H and O–H groups in total. The molecule has 1 aromatic carbocycles. The molecule has 2 rings (SSSR count). The lowest BCUT2D eigenvalue weighted by atomic mass is 9.98. The number of aliphatic carboxylic acids is 1. The summed E-state index contributed by atoms with van der Waals surface area (Å²) in [7, 11) is 0. The summed E-state index contributed by atoms with van der Waals surface area (Å²) in [6.07, 6.45) is 1.51. The van der Waals surface area contributed by atoms with E-state index in [0.717, 1.165) is 19.6 Å². The van der Waals surface area contributed by atoms with Crippen molar-refractivity contribution in [2.75, 3.05) is 25.1 Å². The first-order valence-electron chi connectivity index (χ1n) is 7.09. The third-order valence-corrected chi connectivity index (χ3v) is 3.42. The number of urea groups is 1. The summed E-state index contributed by atoms with van der Waals surface area (Å²) in [5.41, 5.74) is 1.94. The lowest BCUT2D eigenvalue weighted by Gasteiger charge is -2.10. The molecule has 1 fully saturated rings. The summed E-state index contributed by atoms with van der Waals surface area (Å²) in [5, 5.41) is 13.8. The fourth-order valence-corrected chi connectivity index (χ4v) is 2.25. The van der Waals surface area contributed by atoms with E-state index in [1.54, 1.807) is 0 Å². The summed E-state index contributed by atoms with van der Waals surface area (Å²) in [5.74, 6) is -0.410. The second-order valence-electron chi connectivity index (χ2n) is 5.06. The van der Waals surface area contributed by atoms with Crippen molar-refractivity contribution in [3.63, 3.8) is 0 Å². The van der Waals surface area contributed by atoms with Crippen LogP contribution in [0, 0.1) is 0 Å². The topological polar surface area (TPSA) is 87.7 Å². The fraction of sp³-hybridized carbons (Fsp3) is 0.467. The van der Waals surface area contributed by atoms with Gasteiger partial charge in [0.05, 0.1) is 6.61 Å². The van der Waals surface area contributed by atoms with Crippen LogP contribution in [0.3, 0.4) is 0 Å². The minimum absolute atomic E-state index is 0.0540. The monoisotopic (exact) mass is 292 g/mol. The van der Waals surface area contributed by atoms with E-state index in [2.05, 4.69) is 10.6 Å².